The molecule has 0 radical (unpaired) electrons. The minimum Gasteiger partial charge on any atom is -0.310 e. The number of fused-ring (bicyclic) bond motifs is 9. The zero-order valence-corrected chi connectivity index (χ0v) is 37.4. The third-order valence-electron chi connectivity index (χ3n) is 14.7. The summed E-state index contributed by atoms with van der Waals surface area (Å²) in [5.41, 5.74) is 18.2. The molecular weight excluding hydrogens is 807 g/mol. The largest absolute Gasteiger partial charge is 0.310 e. The van der Waals surface area contributed by atoms with Crippen molar-refractivity contribution in [3.63, 3.8) is 0 Å². The molecule has 0 spiro atoms. The monoisotopic (exact) mass is 853 g/mol. The standard InChI is InChI=1S/C66H47N/c1-44-18-16-30-57-60(43-48-20-9-11-26-54(48)64(44)57)46-36-40-52(41-37-46)67(51-38-34-45(35-39-51)59-42-47-19-8-10-25-53(47)55-27-12-13-28-56(55)59)63-33-17-32-62-65(63)58-29-14-15-31-61(58)66(62,49-21-4-2-5-22-49)50-23-6-3-7-24-50/h2-17,19-44H,18H2,1H3. The van der Waals surface area contributed by atoms with Gasteiger partial charge >= 0.3 is 0 Å². The lowest BCUT2D eigenvalue weighted by Gasteiger charge is -2.34. The molecule has 0 saturated heterocycles. The highest BCUT2D eigenvalue weighted by atomic mass is 15.1. The number of nitrogens with zero attached hydrogens (tertiary/aromatic N) is 1. The van der Waals surface area contributed by atoms with Crippen LogP contribution in [-0.2, 0) is 5.41 Å². The first-order valence-corrected chi connectivity index (χ1v) is 23.6. The predicted octanol–water partition coefficient (Wildman–Crippen LogP) is 17.8. The molecule has 1 nitrogen and oxygen atoms in total. The Bertz CT molecular complexity index is 3670. The first-order chi connectivity index (χ1) is 33.2. The van der Waals surface area contributed by atoms with E-state index < -0.39 is 5.41 Å². The summed E-state index contributed by atoms with van der Waals surface area (Å²) in [6.07, 6.45) is 5.77. The smallest absolute Gasteiger partial charge is 0.0714 e. The van der Waals surface area contributed by atoms with Gasteiger partial charge in [-0.2, -0.15) is 0 Å². The molecule has 0 fully saturated rings. The maximum absolute atomic E-state index is 2.49. The van der Waals surface area contributed by atoms with Crippen LogP contribution in [0.15, 0.2) is 243 Å². The molecule has 0 aliphatic heterocycles. The molecule has 13 rings (SSSR count). The number of allylic oxidation sites excluding steroid dienone is 1. The van der Waals surface area contributed by atoms with Gasteiger partial charge in [0.05, 0.1) is 11.1 Å². The van der Waals surface area contributed by atoms with Crippen molar-refractivity contribution >= 4 is 55.5 Å². The molecular formula is C66H47N. The van der Waals surface area contributed by atoms with Gasteiger partial charge in [0, 0.05) is 16.9 Å². The Kier molecular flexibility index (Phi) is 9.18. The van der Waals surface area contributed by atoms with Gasteiger partial charge < -0.3 is 4.90 Å². The van der Waals surface area contributed by atoms with E-state index in [-0.39, 0.29) is 0 Å². The molecule has 11 aromatic rings. The van der Waals surface area contributed by atoms with E-state index >= 15 is 0 Å². The maximum Gasteiger partial charge on any atom is 0.0714 e. The maximum atomic E-state index is 2.49. The van der Waals surface area contributed by atoms with Gasteiger partial charge in [0.2, 0.25) is 0 Å². The van der Waals surface area contributed by atoms with E-state index in [1.165, 1.54) is 99.1 Å². The van der Waals surface area contributed by atoms with E-state index in [1.54, 1.807) is 0 Å². The summed E-state index contributed by atoms with van der Waals surface area (Å²) in [5.74, 6) is 0.456. The minimum absolute atomic E-state index is 0.456. The van der Waals surface area contributed by atoms with Crippen LogP contribution in [0.4, 0.5) is 17.1 Å². The minimum atomic E-state index is -0.513. The first-order valence-electron chi connectivity index (χ1n) is 23.6. The third kappa shape index (κ3) is 6.08. The van der Waals surface area contributed by atoms with Crippen LogP contribution in [0.25, 0.3) is 71.8 Å². The molecule has 0 amide bonds. The van der Waals surface area contributed by atoms with Crippen molar-refractivity contribution in [2.24, 2.45) is 0 Å². The van der Waals surface area contributed by atoms with Crippen molar-refractivity contribution in [3.8, 4) is 33.4 Å². The van der Waals surface area contributed by atoms with Gasteiger partial charge in [-0.1, -0.05) is 213 Å². The van der Waals surface area contributed by atoms with Crippen LogP contribution < -0.4 is 4.90 Å². The number of rotatable bonds is 7. The number of benzene rings is 11. The topological polar surface area (TPSA) is 3.24 Å². The fourth-order valence-electron chi connectivity index (χ4n) is 11.8. The molecule has 0 aromatic heterocycles. The van der Waals surface area contributed by atoms with Gasteiger partial charge in [0.25, 0.3) is 0 Å². The van der Waals surface area contributed by atoms with Gasteiger partial charge in [-0.3, -0.25) is 0 Å². The summed E-state index contributed by atoms with van der Waals surface area (Å²) in [4.78, 5) is 2.49. The molecule has 0 heterocycles. The Balaban J connectivity index is 1.03. The van der Waals surface area contributed by atoms with Gasteiger partial charge in [0.15, 0.2) is 0 Å². The van der Waals surface area contributed by atoms with Gasteiger partial charge in [-0.25, -0.2) is 0 Å². The van der Waals surface area contributed by atoms with Crippen LogP contribution in [0.1, 0.15) is 52.6 Å². The normalized spacial score (nSPS) is 14.5. The Morgan fingerprint density at radius 3 is 1.63 bits per heavy atom. The zero-order valence-electron chi connectivity index (χ0n) is 37.4. The summed E-state index contributed by atoms with van der Waals surface area (Å²) in [6.45, 7) is 2.37. The second kappa shape index (κ2) is 15.7. The van der Waals surface area contributed by atoms with Crippen molar-refractivity contribution in [2.45, 2.75) is 24.7 Å². The van der Waals surface area contributed by atoms with Crippen LogP contribution in [0.2, 0.25) is 0 Å². The third-order valence-corrected chi connectivity index (χ3v) is 14.7. The first kappa shape index (κ1) is 39.1. The molecule has 316 valence electrons. The summed E-state index contributed by atoms with van der Waals surface area (Å²) in [7, 11) is 0. The summed E-state index contributed by atoms with van der Waals surface area (Å²) < 4.78 is 0. The average Bonchev–Trinajstić information content (AvgIpc) is 3.71. The molecule has 1 heteroatoms. The van der Waals surface area contributed by atoms with Crippen LogP contribution in [0.5, 0.6) is 0 Å². The van der Waals surface area contributed by atoms with E-state index in [2.05, 4.69) is 261 Å². The van der Waals surface area contributed by atoms with Crippen molar-refractivity contribution < 1.29 is 0 Å². The Hall–Kier alpha value is -8.26. The predicted molar refractivity (Wildman–Crippen MR) is 284 cm³/mol. The van der Waals surface area contributed by atoms with E-state index in [1.807, 2.05) is 0 Å². The molecule has 1 unspecified atom stereocenters. The van der Waals surface area contributed by atoms with Gasteiger partial charge in [0.1, 0.15) is 0 Å². The van der Waals surface area contributed by atoms with Crippen LogP contribution in [-0.4, -0.2) is 0 Å². The Morgan fingerprint density at radius 2 is 0.940 bits per heavy atom. The van der Waals surface area contributed by atoms with Crippen LogP contribution in [0, 0.1) is 0 Å². The lowest BCUT2D eigenvalue weighted by atomic mass is 9.68. The number of hydrogen-bond acceptors (Lipinski definition) is 1. The number of anilines is 3. The second-order valence-corrected chi connectivity index (χ2v) is 18.4. The number of hydrogen-bond donors (Lipinski definition) is 0. The van der Waals surface area contributed by atoms with E-state index in [4.69, 9.17) is 0 Å². The molecule has 67 heavy (non-hydrogen) atoms. The molecule has 0 N–H and O–H groups in total. The highest BCUT2D eigenvalue weighted by molar-refractivity contribution is 6.14. The van der Waals surface area contributed by atoms with E-state index in [0.717, 1.165) is 23.5 Å². The van der Waals surface area contributed by atoms with Gasteiger partial charge in [-0.05, 0) is 148 Å². The Labute approximate surface area is 392 Å². The highest BCUT2D eigenvalue weighted by Gasteiger charge is 2.47. The SMILES string of the molecule is CC1CC=Cc2c(-c3ccc(N(c4ccc(-c5cc6ccccc6c6ccccc56)cc4)c4cccc5c4-c4ccccc4C5(c4ccccc4)c4ccccc4)cc3)cc3ccccc3c21. The summed E-state index contributed by atoms with van der Waals surface area (Å²) in [5, 5.41) is 7.72. The van der Waals surface area contributed by atoms with Crippen molar-refractivity contribution in [3.05, 3.63) is 276 Å². The lowest BCUT2D eigenvalue weighted by molar-refractivity contribution is 0.768. The molecule has 2 aliphatic rings. The lowest BCUT2D eigenvalue weighted by Crippen LogP contribution is -2.28. The summed E-state index contributed by atoms with van der Waals surface area (Å²) >= 11 is 0. The molecule has 1 atom stereocenters. The molecule has 2 aliphatic carbocycles. The quantitative estimate of drug-likeness (QED) is 0.144. The molecule has 0 saturated carbocycles. The molecule has 11 aromatic carbocycles. The van der Waals surface area contributed by atoms with E-state index in [9.17, 15) is 0 Å². The Morgan fingerprint density at radius 1 is 0.418 bits per heavy atom. The summed E-state index contributed by atoms with van der Waals surface area (Å²) in [6, 6.07) is 88.1. The zero-order chi connectivity index (χ0) is 44.5. The average molecular weight is 854 g/mol. The van der Waals surface area contributed by atoms with Crippen molar-refractivity contribution in [1.29, 1.82) is 0 Å². The second-order valence-electron chi connectivity index (χ2n) is 18.4. The van der Waals surface area contributed by atoms with Crippen molar-refractivity contribution in [2.75, 3.05) is 4.90 Å². The van der Waals surface area contributed by atoms with Crippen LogP contribution in [0.3, 0.4) is 0 Å². The highest BCUT2D eigenvalue weighted by Crippen LogP contribution is 2.59. The van der Waals surface area contributed by atoms with Crippen molar-refractivity contribution in [1.82, 2.24) is 0 Å². The van der Waals surface area contributed by atoms with Gasteiger partial charge in [-0.15, -0.1) is 0 Å². The van der Waals surface area contributed by atoms with E-state index in [0.29, 0.717) is 5.92 Å². The fourth-order valence-corrected chi connectivity index (χ4v) is 11.8. The van der Waals surface area contributed by atoms with Crippen LogP contribution >= 0.6 is 0 Å². The fraction of sp³-hybridized carbons (Fsp3) is 0.0606. The molecule has 0 bridgehead atoms.